The third-order valence-electron chi connectivity index (χ3n) is 24.0. The van der Waals surface area contributed by atoms with E-state index in [0.29, 0.717) is 35.4 Å². The Morgan fingerprint density at radius 3 is 1.01 bits per heavy atom. The molecule has 4 saturated heterocycles. The van der Waals surface area contributed by atoms with Crippen LogP contribution in [0, 0.1) is 20.8 Å². The van der Waals surface area contributed by atoms with Gasteiger partial charge in [-0.05, 0) is 273 Å². The molecule has 3 aliphatic carbocycles. The molecule has 4 aliphatic heterocycles. The predicted octanol–water partition coefficient (Wildman–Crippen LogP) is 15.5. The summed E-state index contributed by atoms with van der Waals surface area (Å²) in [5, 5.41) is 30.2. The molecule has 678 valence electrons. The van der Waals surface area contributed by atoms with E-state index in [9.17, 15) is 34.8 Å². The molecule has 9 aromatic rings. The Morgan fingerprint density at radius 1 is 0.421 bits per heavy atom. The molecule has 3 saturated carbocycles. The summed E-state index contributed by atoms with van der Waals surface area (Å²) in [6.45, 7) is 25.3. The van der Waals surface area contributed by atoms with Gasteiger partial charge in [0.25, 0.3) is 0 Å². The van der Waals surface area contributed by atoms with Crippen LogP contribution >= 0.6 is 34.8 Å². The van der Waals surface area contributed by atoms with Gasteiger partial charge in [-0.3, -0.25) is 23.6 Å². The maximum absolute atomic E-state index is 12.9. The van der Waals surface area contributed by atoms with Crippen molar-refractivity contribution in [3.8, 4) is 17.2 Å². The minimum Gasteiger partial charge on any atom is -0.488 e. The van der Waals surface area contributed by atoms with Gasteiger partial charge in [0.15, 0.2) is 17.5 Å². The first-order chi connectivity index (χ1) is 59.9. The van der Waals surface area contributed by atoms with Crippen LogP contribution in [0.1, 0.15) is 189 Å². The topological polar surface area (TPSA) is 380 Å². The van der Waals surface area contributed by atoms with Crippen LogP contribution in [-0.2, 0) is 60.2 Å². The number of carbonyl (C=O) groups is 2. The monoisotopic (exact) mass is 1840 g/mol. The van der Waals surface area contributed by atoms with Crippen LogP contribution in [0.3, 0.4) is 0 Å². The van der Waals surface area contributed by atoms with Gasteiger partial charge in [0.1, 0.15) is 32.3 Å². The number of hydrogen-bond donors (Lipinski definition) is 6. The average Bonchev–Trinajstić information content (AvgIpc) is 1.48. The summed E-state index contributed by atoms with van der Waals surface area (Å²) in [5.74, 6) is 5.21. The standard InChI is InChI=1S/C32H45ClN8O3S.C28H36ClN7O4S.C27H34ClN7O4S/c1-20(2)45(42,43)31-28(19-40(5)38-31)35-30-26(33)18-34-32(37-30)36-27-16-21(3)25(17-29(27)44-24-6-7-24)22-8-14-41(15-9-22)23-10-12-39(4)13-11-23;1-16(2)41(38,39)27-24(15-35(5)34-27)31-26-22(29)14-30-28(33-26)32-23-12-17(3)21(13-25(23)40-20-6-7-20)19-8-10-36(11-9-19)18(4)37;1-16(2)40(37,38)26-23(14-34(4)33-26)30-25-21(28)13-29-27(32-25)31-22-11-17(3)20(12-24(22)39-19-5-6-19)18-7-9-35(15-36)10-8-18/h16-20,22-24H,6-15H2,1-5H3,(H2,34,35,36,37);12-16,19-20H,6-11H2,1-5H3,(H2,30,31,32,33);11-16,18-19H,5-10H2,1-4H3,(H2,29,30,31,32). The fraction of sp³-hybridized carbons (Fsp3) is 0.529. The first-order valence-corrected chi connectivity index (χ1v) is 49.1. The summed E-state index contributed by atoms with van der Waals surface area (Å²) in [7, 11) is -3.73. The molecule has 7 fully saturated rings. The number of sulfone groups is 3. The molecule has 6 aromatic heterocycles. The summed E-state index contributed by atoms with van der Waals surface area (Å²) in [5.41, 5.74) is 10.4. The number of halogens is 3. The molecule has 3 aromatic carbocycles. The quantitative estimate of drug-likeness (QED) is 0.0237. The molecule has 33 nitrogen and oxygen atoms in total. The zero-order valence-electron chi connectivity index (χ0n) is 73.8. The molecular formula is C87H115Cl3N22O11S3. The van der Waals surface area contributed by atoms with Gasteiger partial charge in [0.05, 0.1) is 86.8 Å². The zero-order valence-corrected chi connectivity index (χ0v) is 78.6. The molecule has 0 radical (unpaired) electrons. The molecule has 39 heteroatoms. The fourth-order valence-electron chi connectivity index (χ4n) is 16.1. The highest BCUT2D eigenvalue weighted by molar-refractivity contribution is 7.92. The summed E-state index contributed by atoms with van der Waals surface area (Å²) in [6.07, 6.45) is 25.3. The van der Waals surface area contributed by atoms with E-state index in [1.807, 2.05) is 21.9 Å². The van der Waals surface area contributed by atoms with Gasteiger partial charge < -0.3 is 65.7 Å². The van der Waals surface area contributed by atoms with E-state index in [2.05, 4.69) is 139 Å². The van der Waals surface area contributed by atoms with E-state index in [-0.39, 0.29) is 95.1 Å². The van der Waals surface area contributed by atoms with Gasteiger partial charge in [-0.2, -0.15) is 30.2 Å². The Kier molecular flexibility index (Phi) is 28.7. The molecule has 6 N–H and O–H groups in total. The predicted molar refractivity (Wildman–Crippen MR) is 490 cm³/mol. The molecule has 0 atom stereocenters. The smallest absolute Gasteiger partial charge is 0.229 e. The number of likely N-dealkylation sites (tertiary alicyclic amines) is 4. The number of ether oxygens (including phenoxy) is 3. The number of aromatic nitrogens is 12. The molecule has 2 amide bonds. The molecule has 10 heterocycles. The maximum Gasteiger partial charge on any atom is 0.229 e. The molecular weight excluding hydrogens is 1730 g/mol. The van der Waals surface area contributed by atoms with E-state index in [0.717, 1.165) is 168 Å². The van der Waals surface area contributed by atoms with E-state index in [1.165, 1.54) is 80.8 Å². The highest BCUT2D eigenvalue weighted by atomic mass is 35.5. The van der Waals surface area contributed by atoms with Gasteiger partial charge in [0.2, 0.25) is 74.8 Å². The fourth-order valence-corrected chi connectivity index (χ4v) is 19.8. The van der Waals surface area contributed by atoms with Crippen LogP contribution in [-0.4, -0.2) is 216 Å². The maximum atomic E-state index is 12.9. The lowest BCUT2D eigenvalue weighted by Gasteiger charge is -2.41. The van der Waals surface area contributed by atoms with Crippen LogP contribution in [0.4, 0.5) is 69.4 Å². The number of amides is 2. The Morgan fingerprint density at radius 2 is 0.722 bits per heavy atom. The number of hydrogen-bond acceptors (Lipinski definition) is 28. The Labute approximate surface area is 752 Å². The van der Waals surface area contributed by atoms with Crippen molar-refractivity contribution in [3.63, 3.8) is 0 Å². The summed E-state index contributed by atoms with van der Waals surface area (Å²) >= 11 is 19.3. The van der Waals surface area contributed by atoms with Gasteiger partial charge in [-0.1, -0.05) is 34.8 Å². The number of nitrogens with one attached hydrogen (secondary N) is 6. The number of aryl methyl sites for hydroxylation is 6. The van der Waals surface area contributed by atoms with Crippen molar-refractivity contribution in [3.05, 3.63) is 122 Å². The molecule has 16 rings (SSSR count). The van der Waals surface area contributed by atoms with Crippen molar-refractivity contribution in [2.75, 3.05) is 91.3 Å². The highest BCUT2D eigenvalue weighted by Crippen LogP contribution is 2.46. The summed E-state index contributed by atoms with van der Waals surface area (Å²) < 4.78 is 101. The number of nitrogens with zero attached hydrogens (tertiary/aromatic N) is 16. The van der Waals surface area contributed by atoms with Crippen LogP contribution < -0.4 is 46.1 Å². The normalized spacial score (nSPS) is 17.3. The van der Waals surface area contributed by atoms with E-state index < -0.39 is 45.3 Å². The highest BCUT2D eigenvalue weighted by Gasteiger charge is 2.37. The van der Waals surface area contributed by atoms with E-state index in [1.54, 1.807) is 88.2 Å². The molecule has 0 bridgehead atoms. The Hall–Kier alpha value is -9.69. The number of benzene rings is 3. The average molecular weight is 1850 g/mol. The first-order valence-electron chi connectivity index (χ1n) is 43.3. The first kappa shape index (κ1) is 92.5. The number of rotatable bonds is 29. The van der Waals surface area contributed by atoms with Gasteiger partial charge in [0, 0.05) is 78.9 Å². The van der Waals surface area contributed by atoms with Crippen molar-refractivity contribution < 1.29 is 49.1 Å². The van der Waals surface area contributed by atoms with E-state index >= 15 is 0 Å². The molecule has 126 heavy (non-hydrogen) atoms. The van der Waals surface area contributed by atoms with Gasteiger partial charge in [-0.25, -0.2) is 40.2 Å². The second kappa shape index (κ2) is 39.1. The number of carbonyl (C=O) groups excluding carboxylic acids is 2. The van der Waals surface area contributed by atoms with Crippen molar-refractivity contribution in [2.24, 2.45) is 21.1 Å². The number of piperidine rings is 4. The van der Waals surface area contributed by atoms with Crippen LogP contribution in [0.15, 0.2) is 88.7 Å². The zero-order chi connectivity index (χ0) is 90.0. The van der Waals surface area contributed by atoms with Crippen LogP contribution in [0.25, 0.3) is 0 Å². The third-order valence-corrected chi connectivity index (χ3v) is 31.1. The SMILES string of the molecule is CC(=O)N1CCC(c2cc(OC3CC3)c(Nc3ncc(Cl)c(Nc4cn(C)nc4S(=O)(=O)C(C)C)n3)cc2C)CC1.Cc1cc(Nc2ncc(Cl)c(Nc3cn(C)nc3S(=O)(=O)C(C)C)n2)c(OC2CC2)cc1C1CCN(C2CCN(C)CC2)CC1.Cc1cc(Nc2ncc(Cl)c(Nc3cn(C)nc3S(=O)(=O)C(C)C)n2)c(OC2CC2)cc1C1CCN(C=O)CC1. The van der Waals surface area contributed by atoms with E-state index in [4.69, 9.17) is 49.0 Å². The molecule has 0 spiro atoms. The lowest BCUT2D eigenvalue weighted by Crippen LogP contribution is -2.46. The number of anilines is 12. The van der Waals surface area contributed by atoms with Crippen molar-refractivity contribution in [2.45, 2.75) is 232 Å². The minimum atomic E-state index is -3.65. The van der Waals surface area contributed by atoms with Gasteiger partial charge >= 0.3 is 0 Å². The summed E-state index contributed by atoms with van der Waals surface area (Å²) in [4.78, 5) is 58.6. The summed E-state index contributed by atoms with van der Waals surface area (Å²) in [6, 6.07) is 13.4. The Bertz CT molecular complexity index is 5810. The third kappa shape index (κ3) is 22.3. The van der Waals surface area contributed by atoms with Crippen LogP contribution in [0.5, 0.6) is 17.2 Å². The largest absolute Gasteiger partial charge is 0.488 e. The lowest BCUT2D eigenvalue weighted by molar-refractivity contribution is -0.129. The van der Waals surface area contributed by atoms with Gasteiger partial charge in [-0.15, -0.1) is 0 Å². The van der Waals surface area contributed by atoms with Crippen LogP contribution in [0.2, 0.25) is 15.1 Å². The van der Waals surface area contributed by atoms with Crippen molar-refractivity contribution >= 4 is 146 Å². The second-order valence-electron chi connectivity index (χ2n) is 34.9. The lowest BCUT2D eigenvalue weighted by atomic mass is 9.85. The van der Waals surface area contributed by atoms with Crippen molar-refractivity contribution in [1.29, 1.82) is 0 Å². The van der Waals surface area contributed by atoms with Crippen molar-refractivity contribution in [1.82, 2.24) is 78.8 Å². The molecule has 0 unspecified atom stereocenters. The molecule has 7 aliphatic rings. The Balaban J connectivity index is 0.000000154. The minimum absolute atomic E-state index is 0.0484. The second-order valence-corrected chi connectivity index (χ2v) is 43.4.